The molecule has 0 fully saturated rings. The van der Waals surface area contributed by atoms with Crippen LogP contribution in [0.15, 0.2) is 59.5 Å². The number of nitrogens with zero attached hydrogens (tertiary/aromatic N) is 1. The summed E-state index contributed by atoms with van der Waals surface area (Å²) in [5.74, 6) is -0.0829. The van der Waals surface area contributed by atoms with E-state index in [1.165, 1.54) is 6.07 Å². The molecule has 0 aliphatic heterocycles. The van der Waals surface area contributed by atoms with Crippen molar-refractivity contribution in [3.05, 3.63) is 81.6 Å². The van der Waals surface area contributed by atoms with Gasteiger partial charge in [-0.1, -0.05) is 36.4 Å². The van der Waals surface area contributed by atoms with Crippen molar-refractivity contribution < 1.29 is 4.79 Å². The standard InChI is InChI=1S/C21H22N2O2/c1-14-11-15(2)21-18(12-14)23(10-9-19(21)24)13-20(25)22-16(3)17-7-5-4-6-8-17/h4-12,16H,13H2,1-3H3,(H,22,25). The topological polar surface area (TPSA) is 51.1 Å². The molecule has 1 heterocycles. The molecule has 128 valence electrons. The van der Waals surface area contributed by atoms with Gasteiger partial charge in [-0.25, -0.2) is 0 Å². The van der Waals surface area contributed by atoms with Gasteiger partial charge >= 0.3 is 0 Å². The van der Waals surface area contributed by atoms with Crippen molar-refractivity contribution in [1.29, 1.82) is 0 Å². The largest absolute Gasteiger partial charge is 0.348 e. The van der Waals surface area contributed by atoms with Gasteiger partial charge in [-0.15, -0.1) is 0 Å². The molecule has 4 heteroatoms. The highest BCUT2D eigenvalue weighted by atomic mass is 16.2. The Kier molecular flexibility index (Phi) is 4.70. The molecule has 1 aromatic heterocycles. The summed E-state index contributed by atoms with van der Waals surface area (Å²) >= 11 is 0. The van der Waals surface area contributed by atoms with Crippen LogP contribution in [0.4, 0.5) is 0 Å². The third-order valence-corrected chi connectivity index (χ3v) is 4.41. The first kappa shape index (κ1) is 17.0. The number of nitrogens with one attached hydrogen (secondary N) is 1. The fourth-order valence-electron chi connectivity index (χ4n) is 3.22. The molecule has 0 saturated heterocycles. The Morgan fingerprint density at radius 2 is 1.84 bits per heavy atom. The number of amides is 1. The van der Waals surface area contributed by atoms with E-state index < -0.39 is 0 Å². The van der Waals surface area contributed by atoms with Gasteiger partial charge in [0.05, 0.1) is 11.6 Å². The maximum Gasteiger partial charge on any atom is 0.240 e. The quantitative estimate of drug-likeness (QED) is 0.794. The van der Waals surface area contributed by atoms with Crippen LogP contribution in [-0.2, 0) is 11.3 Å². The number of pyridine rings is 1. The highest BCUT2D eigenvalue weighted by Crippen LogP contribution is 2.18. The van der Waals surface area contributed by atoms with Crippen LogP contribution < -0.4 is 10.7 Å². The lowest BCUT2D eigenvalue weighted by Gasteiger charge is -2.17. The van der Waals surface area contributed by atoms with Crippen LogP contribution in [0.25, 0.3) is 10.9 Å². The van der Waals surface area contributed by atoms with Crippen LogP contribution in [0.1, 0.15) is 29.7 Å². The van der Waals surface area contributed by atoms with Crippen LogP contribution >= 0.6 is 0 Å². The number of hydrogen-bond acceptors (Lipinski definition) is 2. The van der Waals surface area contributed by atoms with Gasteiger partial charge in [0.1, 0.15) is 6.54 Å². The molecule has 0 spiro atoms. The van der Waals surface area contributed by atoms with E-state index in [1.54, 1.807) is 6.20 Å². The van der Waals surface area contributed by atoms with Gasteiger partial charge in [0.2, 0.25) is 5.91 Å². The molecule has 1 N–H and O–H groups in total. The smallest absolute Gasteiger partial charge is 0.240 e. The molecule has 3 aromatic rings. The second kappa shape index (κ2) is 6.93. The van der Waals surface area contributed by atoms with Crippen molar-refractivity contribution in [3.8, 4) is 0 Å². The Morgan fingerprint density at radius 3 is 2.56 bits per heavy atom. The van der Waals surface area contributed by atoms with E-state index >= 15 is 0 Å². The van der Waals surface area contributed by atoms with Gasteiger partial charge in [-0.05, 0) is 43.5 Å². The number of aryl methyl sites for hydroxylation is 2. The van der Waals surface area contributed by atoms with Crippen molar-refractivity contribution >= 4 is 16.8 Å². The monoisotopic (exact) mass is 334 g/mol. The number of fused-ring (bicyclic) bond motifs is 1. The summed E-state index contributed by atoms with van der Waals surface area (Å²) < 4.78 is 1.84. The first-order chi connectivity index (χ1) is 12.0. The summed E-state index contributed by atoms with van der Waals surface area (Å²) in [6, 6.07) is 15.3. The molecule has 1 amide bonds. The Morgan fingerprint density at radius 1 is 1.12 bits per heavy atom. The number of carbonyl (C=O) groups excluding carboxylic acids is 1. The van der Waals surface area contributed by atoms with Crippen LogP contribution in [0.2, 0.25) is 0 Å². The molecule has 1 unspecified atom stereocenters. The predicted molar refractivity (Wildman–Crippen MR) is 101 cm³/mol. The van der Waals surface area contributed by atoms with Crippen molar-refractivity contribution in [2.24, 2.45) is 0 Å². The SMILES string of the molecule is Cc1cc(C)c2c(=O)ccn(CC(=O)NC(C)c3ccccc3)c2c1. The predicted octanol–water partition coefficient (Wildman–Crippen LogP) is 3.50. The maximum atomic E-state index is 12.5. The van der Waals surface area contributed by atoms with Gasteiger partial charge in [0.25, 0.3) is 0 Å². The van der Waals surface area contributed by atoms with E-state index in [1.807, 2.05) is 67.8 Å². The van der Waals surface area contributed by atoms with E-state index in [4.69, 9.17) is 0 Å². The normalized spacial score (nSPS) is 12.1. The second-order valence-corrected chi connectivity index (χ2v) is 6.48. The number of carbonyl (C=O) groups is 1. The number of hydrogen-bond donors (Lipinski definition) is 1. The summed E-state index contributed by atoms with van der Waals surface area (Å²) in [7, 11) is 0. The summed E-state index contributed by atoms with van der Waals surface area (Å²) in [5.41, 5.74) is 3.86. The molecule has 3 rings (SSSR count). The zero-order valence-corrected chi connectivity index (χ0v) is 14.7. The highest BCUT2D eigenvalue weighted by molar-refractivity contribution is 5.85. The second-order valence-electron chi connectivity index (χ2n) is 6.48. The summed E-state index contributed by atoms with van der Waals surface area (Å²) in [5, 5.41) is 3.69. The highest BCUT2D eigenvalue weighted by Gasteiger charge is 2.12. The summed E-state index contributed by atoms with van der Waals surface area (Å²) in [4.78, 5) is 24.7. The van der Waals surface area contributed by atoms with Crippen LogP contribution in [0.5, 0.6) is 0 Å². The fourth-order valence-corrected chi connectivity index (χ4v) is 3.22. The molecule has 4 nitrogen and oxygen atoms in total. The lowest BCUT2D eigenvalue weighted by molar-refractivity contribution is -0.122. The zero-order chi connectivity index (χ0) is 18.0. The van der Waals surface area contributed by atoms with Crippen LogP contribution in [0, 0.1) is 13.8 Å². The zero-order valence-electron chi connectivity index (χ0n) is 14.7. The number of rotatable bonds is 4. The molecule has 0 aliphatic rings. The minimum Gasteiger partial charge on any atom is -0.348 e. The third-order valence-electron chi connectivity index (χ3n) is 4.41. The van der Waals surface area contributed by atoms with E-state index in [-0.39, 0.29) is 23.9 Å². The third kappa shape index (κ3) is 3.63. The van der Waals surface area contributed by atoms with Crippen molar-refractivity contribution in [1.82, 2.24) is 9.88 Å². The molecular formula is C21H22N2O2. The van der Waals surface area contributed by atoms with Gasteiger partial charge in [-0.2, -0.15) is 0 Å². The Bertz CT molecular complexity index is 974. The lowest BCUT2D eigenvalue weighted by Crippen LogP contribution is -2.30. The minimum absolute atomic E-state index is 0.0122. The molecule has 1 atom stereocenters. The Labute approximate surface area is 147 Å². The van der Waals surface area contributed by atoms with Crippen molar-refractivity contribution in [3.63, 3.8) is 0 Å². The number of benzene rings is 2. The molecule has 0 bridgehead atoms. The van der Waals surface area contributed by atoms with E-state index in [0.717, 1.165) is 22.2 Å². The van der Waals surface area contributed by atoms with Crippen molar-refractivity contribution in [2.45, 2.75) is 33.4 Å². The van der Waals surface area contributed by atoms with Gasteiger partial charge in [0.15, 0.2) is 5.43 Å². The molecule has 25 heavy (non-hydrogen) atoms. The first-order valence-corrected chi connectivity index (χ1v) is 8.40. The van der Waals surface area contributed by atoms with Gasteiger partial charge < -0.3 is 9.88 Å². The Hall–Kier alpha value is -2.88. The average molecular weight is 334 g/mol. The van der Waals surface area contributed by atoms with E-state index in [9.17, 15) is 9.59 Å². The number of aromatic nitrogens is 1. The lowest BCUT2D eigenvalue weighted by atomic mass is 10.1. The molecule has 0 radical (unpaired) electrons. The Balaban J connectivity index is 1.87. The first-order valence-electron chi connectivity index (χ1n) is 8.40. The maximum absolute atomic E-state index is 12.5. The van der Waals surface area contributed by atoms with Crippen LogP contribution in [0.3, 0.4) is 0 Å². The summed E-state index contributed by atoms with van der Waals surface area (Å²) in [6.07, 6.45) is 1.69. The van der Waals surface area contributed by atoms with E-state index in [2.05, 4.69) is 5.32 Å². The molecule has 2 aromatic carbocycles. The molecular weight excluding hydrogens is 312 g/mol. The fraction of sp³-hybridized carbons (Fsp3) is 0.238. The van der Waals surface area contributed by atoms with Gasteiger partial charge in [-0.3, -0.25) is 9.59 Å². The average Bonchev–Trinajstić information content (AvgIpc) is 2.57. The van der Waals surface area contributed by atoms with Gasteiger partial charge in [0, 0.05) is 17.6 Å². The molecule has 0 saturated carbocycles. The van der Waals surface area contributed by atoms with Crippen LogP contribution in [-0.4, -0.2) is 10.5 Å². The van der Waals surface area contributed by atoms with Crippen molar-refractivity contribution in [2.75, 3.05) is 0 Å². The molecule has 0 aliphatic carbocycles. The summed E-state index contributed by atoms with van der Waals surface area (Å²) in [6.45, 7) is 6.06. The van der Waals surface area contributed by atoms with E-state index in [0.29, 0.717) is 5.39 Å². The minimum atomic E-state index is -0.0829.